The molecule has 1 aromatic heterocycles. The Bertz CT molecular complexity index is 1440. The Morgan fingerprint density at radius 2 is 1.68 bits per heavy atom. The molecule has 0 unspecified atom stereocenters. The molecule has 0 saturated heterocycles. The molecule has 2 N–H and O–H groups in total. The fourth-order valence-electron chi connectivity index (χ4n) is 3.64. The Labute approximate surface area is 232 Å². The van der Waals surface area contributed by atoms with Crippen molar-refractivity contribution < 1.29 is 37.0 Å². The Kier molecular flexibility index (Phi) is 10.6. The second kappa shape index (κ2) is 14.1. The molecule has 0 spiro atoms. The smallest absolute Gasteiger partial charge is 0.496 e. The van der Waals surface area contributed by atoms with Crippen LogP contribution in [-0.2, 0) is 21.2 Å². The highest BCUT2D eigenvalue weighted by atomic mass is 32.2. The van der Waals surface area contributed by atoms with Gasteiger partial charge in [-0.1, -0.05) is 38.1 Å². The van der Waals surface area contributed by atoms with Crippen molar-refractivity contribution >= 4 is 28.0 Å². The van der Waals surface area contributed by atoms with Gasteiger partial charge in [-0.25, -0.2) is 22.9 Å². The van der Waals surface area contributed by atoms with Crippen LogP contribution in [0.4, 0.5) is 4.79 Å². The Morgan fingerprint density at radius 3 is 2.35 bits per heavy atom. The van der Waals surface area contributed by atoms with Crippen LogP contribution < -0.4 is 19.5 Å². The number of methoxy groups -OCH3 is 1. The van der Waals surface area contributed by atoms with E-state index in [1.54, 1.807) is 7.11 Å². The highest BCUT2D eigenvalue weighted by molar-refractivity contribution is 7.90. The summed E-state index contributed by atoms with van der Waals surface area (Å²) in [6.07, 6.45) is 1.63. The number of carbonyl (C=O) groups is 3. The van der Waals surface area contributed by atoms with E-state index in [0.717, 1.165) is 11.8 Å². The van der Waals surface area contributed by atoms with Crippen LogP contribution in [0.25, 0.3) is 0 Å². The number of hydrogen-bond acceptors (Lipinski definition) is 9. The predicted molar refractivity (Wildman–Crippen MR) is 146 cm³/mol. The molecular weight excluding hydrogens is 538 g/mol. The molecule has 0 radical (unpaired) electrons. The van der Waals surface area contributed by atoms with Crippen molar-refractivity contribution in [3.05, 3.63) is 83.6 Å². The predicted octanol–water partition coefficient (Wildman–Crippen LogP) is 3.89. The maximum Gasteiger partial charge on any atom is 0.515 e. The van der Waals surface area contributed by atoms with Crippen LogP contribution in [0.2, 0.25) is 0 Å². The summed E-state index contributed by atoms with van der Waals surface area (Å²) in [7, 11) is -2.75. The molecule has 1 heterocycles. The molecule has 40 heavy (non-hydrogen) atoms. The molecule has 2 aromatic carbocycles. The summed E-state index contributed by atoms with van der Waals surface area (Å²) < 4.78 is 43.1. The third-order valence-corrected chi connectivity index (χ3v) is 7.19. The summed E-state index contributed by atoms with van der Waals surface area (Å²) in [5.41, 5.74) is 0.938. The lowest BCUT2D eigenvalue weighted by molar-refractivity contribution is 0.0538. The first kappa shape index (κ1) is 30.1. The largest absolute Gasteiger partial charge is 0.515 e. The Hall–Kier alpha value is -4.45. The van der Waals surface area contributed by atoms with E-state index in [4.69, 9.17) is 14.2 Å². The normalized spacial score (nSPS) is 11.0. The number of hydrogen-bond donors (Lipinski definition) is 2. The summed E-state index contributed by atoms with van der Waals surface area (Å²) >= 11 is 0. The zero-order valence-electron chi connectivity index (χ0n) is 22.4. The molecule has 0 aliphatic heterocycles. The zero-order valence-corrected chi connectivity index (χ0v) is 23.2. The lowest BCUT2D eigenvalue weighted by atomic mass is 10.1. The van der Waals surface area contributed by atoms with Gasteiger partial charge in [0.2, 0.25) is 5.88 Å². The van der Waals surface area contributed by atoms with Crippen molar-refractivity contribution in [3.63, 3.8) is 0 Å². The Morgan fingerprint density at radius 1 is 0.925 bits per heavy atom. The number of nitrogens with one attached hydrogen (secondary N) is 2. The van der Waals surface area contributed by atoms with Gasteiger partial charge in [-0.05, 0) is 55.2 Å². The van der Waals surface area contributed by atoms with Crippen molar-refractivity contribution in [2.75, 3.05) is 13.7 Å². The molecular formula is C28H31N3O8S. The van der Waals surface area contributed by atoms with Crippen molar-refractivity contribution in [2.45, 2.75) is 44.1 Å². The van der Waals surface area contributed by atoms with Crippen LogP contribution in [0.3, 0.4) is 0 Å². The number of para-hydroxylation sites is 1. The average molecular weight is 570 g/mol. The van der Waals surface area contributed by atoms with Crippen LogP contribution in [0.5, 0.6) is 11.6 Å². The minimum atomic E-state index is -4.31. The third-order valence-electron chi connectivity index (χ3n) is 5.87. The van der Waals surface area contributed by atoms with Gasteiger partial charge in [-0.3, -0.25) is 9.59 Å². The number of ether oxygens (including phenoxy) is 3. The van der Waals surface area contributed by atoms with E-state index >= 15 is 0 Å². The van der Waals surface area contributed by atoms with Crippen molar-refractivity contribution in [1.29, 1.82) is 0 Å². The summed E-state index contributed by atoms with van der Waals surface area (Å²) in [4.78, 5) is 40.7. The highest BCUT2D eigenvalue weighted by Crippen LogP contribution is 2.18. The van der Waals surface area contributed by atoms with Gasteiger partial charge in [0.05, 0.1) is 17.6 Å². The number of nitrogens with zero attached hydrogens (tertiary/aromatic N) is 1. The quantitative estimate of drug-likeness (QED) is 0.310. The molecule has 0 bridgehead atoms. The number of carbonyl (C=O) groups excluding carboxylic acids is 3. The second-order valence-electron chi connectivity index (χ2n) is 8.57. The van der Waals surface area contributed by atoms with Gasteiger partial charge >= 0.3 is 6.16 Å². The van der Waals surface area contributed by atoms with E-state index in [0.29, 0.717) is 31.6 Å². The summed E-state index contributed by atoms with van der Waals surface area (Å²) in [5, 5.41) is 2.75. The third kappa shape index (κ3) is 8.27. The first-order valence-electron chi connectivity index (χ1n) is 12.6. The Balaban J connectivity index is 1.59. The zero-order chi connectivity index (χ0) is 29.1. The van der Waals surface area contributed by atoms with Crippen molar-refractivity contribution in [2.24, 2.45) is 0 Å². The summed E-state index contributed by atoms with van der Waals surface area (Å²) in [6, 6.07) is 15.2. The first-order chi connectivity index (χ1) is 19.2. The van der Waals surface area contributed by atoms with Gasteiger partial charge in [0.1, 0.15) is 11.9 Å². The monoisotopic (exact) mass is 569 g/mol. The van der Waals surface area contributed by atoms with E-state index < -0.39 is 28.0 Å². The van der Waals surface area contributed by atoms with Crippen molar-refractivity contribution in [1.82, 2.24) is 15.0 Å². The number of benzene rings is 2. The molecule has 0 atom stereocenters. The molecule has 12 heteroatoms. The van der Waals surface area contributed by atoms with E-state index in [9.17, 15) is 22.8 Å². The number of amides is 2. The van der Waals surface area contributed by atoms with Gasteiger partial charge in [0.25, 0.3) is 21.8 Å². The minimum absolute atomic E-state index is 0.0884. The SMILES string of the molecule is CCC(CC)OC(=O)Oc1ccc(C(=O)NS(=O)(=O)c2cccc(C(=O)NCCc3ccccc3OC)c2)cn1. The molecule has 0 saturated carbocycles. The van der Waals surface area contributed by atoms with E-state index in [1.807, 2.05) is 42.8 Å². The van der Waals surface area contributed by atoms with Crippen LogP contribution in [0.15, 0.2) is 71.8 Å². The van der Waals surface area contributed by atoms with Crippen LogP contribution >= 0.6 is 0 Å². The fraction of sp³-hybridized carbons (Fsp3) is 0.286. The molecule has 3 aromatic rings. The minimum Gasteiger partial charge on any atom is -0.496 e. The highest BCUT2D eigenvalue weighted by Gasteiger charge is 2.21. The number of pyridine rings is 1. The van der Waals surface area contributed by atoms with Crippen LogP contribution in [0, 0.1) is 0 Å². The summed E-state index contributed by atoms with van der Waals surface area (Å²) in [5.74, 6) is -0.830. The average Bonchev–Trinajstić information content (AvgIpc) is 2.96. The van der Waals surface area contributed by atoms with Gasteiger partial charge in [-0.2, -0.15) is 0 Å². The van der Waals surface area contributed by atoms with E-state index in [-0.39, 0.29) is 28.0 Å². The van der Waals surface area contributed by atoms with E-state index in [1.165, 1.54) is 36.4 Å². The first-order valence-corrected chi connectivity index (χ1v) is 14.1. The molecule has 212 valence electrons. The molecule has 0 fully saturated rings. The number of aromatic nitrogens is 1. The summed E-state index contributed by atoms with van der Waals surface area (Å²) in [6.45, 7) is 4.05. The van der Waals surface area contributed by atoms with Crippen LogP contribution in [0.1, 0.15) is 53.0 Å². The second-order valence-corrected chi connectivity index (χ2v) is 10.3. The number of sulfonamides is 1. The molecule has 0 aliphatic rings. The van der Waals surface area contributed by atoms with Crippen molar-refractivity contribution in [3.8, 4) is 11.6 Å². The maximum atomic E-state index is 12.8. The maximum absolute atomic E-state index is 12.8. The van der Waals surface area contributed by atoms with Gasteiger partial charge in [0.15, 0.2) is 0 Å². The van der Waals surface area contributed by atoms with Crippen LogP contribution in [-0.4, -0.2) is 51.1 Å². The molecule has 0 aliphatic carbocycles. The lowest BCUT2D eigenvalue weighted by Crippen LogP contribution is -2.31. The standard InChI is InChI=1S/C28H31N3O8S/c1-4-22(5-2)38-28(34)39-25-14-13-21(18-30-25)27(33)31-40(35,36)23-11-8-10-20(17-23)26(32)29-16-15-19-9-6-7-12-24(19)37-3/h6-14,17-18,22H,4-5,15-16H2,1-3H3,(H,29,32)(H,31,33). The lowest BCUT2D eigenvalue weighted by Gasteiger charge is -2.13. The number of rotatable bonds is 12. The molecule has 11 nitrogen and oxygen atoms in total. The topological polar surface area (TPSA) is 150 Å². The molecule has 3 rings (SSSR count). The fourth-order valence-corrected chi connectivity index (χ4v) is 4.66. The van der Waals surface area contributed by atoms with Gasteiger partial charge < -0.3 is 19.5 Å². The van der Waals surface area contributed by atoms with Gasteiger partial charge in [0, 0.05) is 24.4 Å². The van der Waals surface area contributed by atoms with Gasteiger partial charge in [-0.15, -0.1) is 0 Å². The van der Waals surface area contributed by atoms with E-state index in [2.05, 4.69) is 10.3 Å². The molecule has 2 amide bonds.